The van der Waals surface area contributed by atoms with E-state index in [0.29, 0.717) is 28.0 Å². The van der Waals surface area contributed by atoms with Gasteiger partial charge in [-0.1, -0.05) is 23.7 Å². The largest absolute Gasteiger partial charge is 0.460 e. The summed E-state index contributed by atoms with van der Waals surface area (Å²) >= 11 is 6.07. The molecule has 0 saturated carbocycles. The number of amides is 1. The molecule has 0 spiro atoms. The van der Waals surface area contributed by atoms with Crippen molar-refractivity contribution in [1.29, 1.82) is 0 Å². The van der Waals surface area contributed by atoms with E-state index in [1.165, 1.54) is 0 Å². The molecule has 160 valence electrons. The summed E-state index contributed by atoms with van der Waals surface area (Å²) < 4.78 is 7.33. The average molecular weight is 439 g/mol. The molecule has 1 aliphatic heterocycles. The summed E-state index contributed by atoms with van der Waals surface area (Å²) in [5, 5.41) is 9.03. The number of ether oxygens (including phenoxy) is 1. The van der Waals surface area contributed by atoms with Gasteiger partial charge in [-0.05, 0) is 64.1 Å². The lowest BCUT2D eigenvalue weighted by Gasteiger charge is -2.26. The number of hydrogen-bond acceptors (Lipinski definition) is 5. The highest BCUT2D eigenvalue weighted by atomic mass is 35.5. The van der Waals surface area contributed by atoms with E-state index in [1.807, 2.05) is 35.8 Å². The van der Waals surface area contributed by atoms with E-state index in [-0.39, 0.29) is 12.3 Å². The van der Waals surface area contributed by atoms with Crippen LogP contribution in [0.15, 0.2) is 48.5 Å². The van der Waals surface area contributed by atoms with Crippen molar-refractivity contribution in [2.75, 3.05) is 4.90 Å². The molecule has 0 bridgehead atoms. The monoisotopic (exact) mass is 438 g/mol. The van der Waals surface area contributed by atoms with Gasteiger partial charge < -0.3 is 4.74 Å². The van der Waals surface area contributed by atoms with Crippen LogP contribution in [0.4, 0.5) is 11.4 Å². The van der Waals surface area contributed by atoms with Gasteiger partial charge in [0.25, 0.3) is 0 Å². The number of fused-ring (bicyclic) bond motifs is 3. The predicted octanol–water partition coefficient (Wildman–Crippen LogP) is 4.72. The summed E-state index contributed by atoms with van der Waals surface area (Å²) in [4.78, 5) is 28.2. The fourth-order valence-corrected chi connectivity index (χ4v) is 3.84. The van der Waals surface area contributed by atoms with Gasteiger partial charge in [0.05, 0.1) is 17.8 Å². The second-order valence-corrected chi connectivity index (χ2v) is 8.86. The van der Waals surface area contributed by atoms with Crippen molar-refractivity contribution in [2.24, 2.45) is 0 Å². The summed E-state index contributed by atoms with van der Waals surface area (Å²) in [7, 11) is 0. The number of hydrogen-bond donors (Lipinski definition) is 0. The minimum atomic E-state index is -0.862. The Bertz CT molecular complexity index is 1150. The van der Waals surface area contributed by atoms with Crippen LogP contribution < -0.4 is 4.90 Å². The van der Waals surface area contributed by atoms with Crippen LogP contribution in [0.5, 0.6) is 0 Å². The van der Waals surface area contributed by atoms with Crippen LogP contribution in [0, 0.1) is 6.92 Å². The molecule has 2 heterocycles. The first-order valence-electron chi connectivity index (χ1n) is 9.98. The number of aromatic nitrogens is 3. The SMILES string of the molecule is Cc1nnc2n1-c1ccccc1N(c1ccc(Cl)cc1)C(=O)C2CC(=O)OC(C)(C)C. The molecule has 1 amide bonds. The summed E-state index contributed by atoms with van der Waals surface area (Å²) in [5.41, 5.74) is 1.42. The molecule has 3 aromatic rings. The minimum Gasteiger partial charge on any atom is -0.460 e. The van der Waals surface area contributed by atoms with Gasteiger partial charge in [0, 0.05) is 10.7 Å². The fraction of sp³-hybridized carbons (Fsp3) is 0.304. The first-order valence-corrected chi connectivity index (χ1v) is 10.4. The van der Waals surface area contributed by atoms with Gasteiger partial charge in [-0.25, -0.2) is 0 Å². The number of benzene rings is 2. The Hall–Kier alpha value is -3.19. The van der Waals surface area contributed by atoms with E-state index in [4.69, 9.17) is 16.3 Å². The zero-order valence-electron chi connectivity index (χ0n) is 17.8. The maximum atomic E-state index is 13.9. The summed E-state index contributed by atoms with van der Waals surface area (Å²) in [6, 6.07) is 14.5. The second-order valence-electron chi connectivity index (χ2n) is 8.42. The smallest absolute Gasteiger partial charge is 0.307 e. The minimum absolute atomic E-state index is 0.147. The van der Waals surface area contributed by atoms with E-state index >= 15 is 0 Å². The number of anilines is 2. The molecule has 1 aromatic heterocycles. The molecule has 0 aliphatic carbocycles. The van der Waals surface area contributed by atoms with Gasteiger partial charge in [-0.2, -0.15) is 0 Å². The standard InChI is InChI=1S/C23H23ClN4O3/c1-14-25-26-21-17(13-20(29)31-23(2,3)4)22(30)28(16-11-9-15(24)10-12-16)19-8-6-5-7-18(19)27(14)21/h5-12,17H,13H2,1-4H3. The van der Waals surface area contributed by atoms with Gasteiger partial charge in [-0.15, -0.1) is 10.2 Å². The molecule has 0 fully saturated rings. The molecule has 1 atom stereocenters. The Kier molecular flexibility index (Phi) is 5.31. The fourth-order valence-electron chi connectivity index (χ4n) is 3.71. The number of aryl methyl sites for hydroxylation is 1. The first kappa shape index (κ1) is 21.1. The molecular formula is C23H23ClN4O3. The van der Waals surface area contributed by atoms with Crippen LogP contribution in [-0.4, -0.2) is 32.2 Å². The molecule has 0 radical (unpaired) electrons. The Labute approximate surface area is 185 Å². The highest BCUT2D eigenvalue weighted by Crippen LogP contribution is 2.40. The van der Waals surface area contributed by atoms with E-state index in [9.17, 15) is 9.59 Å². The molecule has 0 saturated heterocycles. The third-order valence-corrected chi connectivity index (χ3v) is 5.17. The lowest BCUT2D eigenvalue weighted by molar-refractivity contribution is -0.156. The van der Waals surface area contributed by atoms with E-state index in [0.717, 1.165) is 5.69 Å². The van der Waals surface area contributed by atoms with Gasteiger partial charge in [0.1, 0.15) is 17.3 Å². The average Bonchev–Trinajstić information content (AvgIpc) is 3.03. The number of nitrogens with zero attached hydrogens (tertiary/aromatic N) is 4. The Morgan fingerprint density at radius 1 is 1.06 bits per heavy atom. The Balaban J connectivity index is 1.88. The van der Waals surface area contributed by atoms with Crippen molar-refractivity contribution >= 4 is 34.9 Å². The van der Waals surface area contributed by atoms with Crippen molar-refractivity contribution in [1.82, 2.24) is 14.8 Å². The van der Waals surface area contributed by atoms with E-state index < -0.39 is 17.5 Å². The predicted molar refractivity (Wildman–Crippen MR) is 118 cm³/mol. The van der Waals surface area contributed by atoms with Gasteiger partial charge in [-0.3, -0.25) is 19.1 Å². The molecule has 1 unspecified atom stereocenters. The highest BCUT2D eigenvalue weighted by Gasteiger charge is 2.39. The van der Waals surface area contributed by atoms with Gasteiger partial charge >= 0.3 is 5.97 Å². The zero-order valence-corrected chi connectivity index (χ0v) is 18.6. The van der Waals surface area contributed by atoms with Crippen molar-refractivity contribution in [2.45, 2.75) is 45.6 Å². The molecule has 7 nitrogen and oxygen atoms in total. The zero-order chi connectivity index (χ0) is 22.3. The quantitative estimate of drug-likeness (QED) is 0.553. The highest BCUT2D eigenvalue weighted by molar-refractivity contribution is 6.30. The van der Waals surface area contributed by atoms with Crippen molar-refractivity contribution in [3.63, 3.8) is 0 Å². The Morgan fingerprint density at radius 3 is 2.35 bits per heavy atom. The maximum Gasteiger partial charge on any atom is 0.307 e. The lowest BCUT2D eigenvalue weighted by atomic mass is 10.0. The number of esters is 1. The number of rotatable bonds is 3. The van der Waals surface area contributed by atoms with Crippen LogP contribution in [0.3, 0.4) is 0 Å². The topological polar surface area (TPSA) is 77.3 Å². The maximum absolute atomic E-state index is 13.9. The van der Waals surface area contributed by atoms with E-state index in [1.54, 1.807) is 49.9 Å². The summed E-state index contributed by atoms with van der Waals surface area (Å²) in [6.45, 7) is 7.20. The molecule has 4 rings (SSSR count). The molecular weight excluding hydrogens is 416 g/mol. The van der Waals surface area contributed by atoms with Crippen LogP contribution in [-0.2, 0) is 14.3 Å². The normalized spacial score (nSPS) is 15.8. The van der Waals surface area contributed by atoms with Gasteiger partial charge in [0.2, 0.25) is 5.91 Å². The number of carbonyl (C=O) groups is 2. The molecule has 31 heavy (non-hydrogen) atoms. The summed E-state index contributed by atoms with van der Waals surface area (Å²) in [5.74, 6) is -0.578. The van der Waals surface area contributed by atoms with Crippen molar-refractivity contribution in [3.05, 3.63) is 65.2 Å². The van der Waals surface area contributed by atoms with Crippen molar-refractivity contribution < 1.29 is 14.3 Å². The van der Waals surface area contributed by atoms with Crippen molar-refractivity contribution in [3.8, 4) is 5.69 Å². The summed E-state index contributed by atoms with van der Waals surface area (Å²) in [6.07, 6.45) is -0.147. The molecule has 1 aliphatic rings. The van der Waals surface area contributed by atoms with Crippen LogP contribution in [0.2, 0.25) is 5.02 Å². The van der Waals surface area contributed by atoms with Crippen LogP contribution in [0.1, 0.15) is 44.8 Å². The number of para-hydroxylation sites is 2. The van der Waals surface area contributed by atoms with E-state index in [2.05, 4.69) is 10.2 Å². The first-order chi connectivity index (χ1) is 14.7. The number of carbonyl (C=O) groups excluding carboxylic acids is 2. The molecule has 8 heteroatoms. The second kappa shape index (κ2) is 7.81. The van der Waals surface area contributed by atoms with Gasteiger partial charge in [0.15, 0.2) is 5.82 Å². The van der Waals surface area contributed by atoms with Crippen LogP contribution in [0.25, 0.3) is 5.69 Å². The Morgan fingerprint density at radius 2 is 1.71 bits per heavy atom. The molecule has 0 N–H and O–H groups in total. The van der Waals surface area contributed by atoms with Crippen LogP contribution >= 0.6 is 11.6 Å². The molecule has 2 aromatic carbocycles. The third-order valence-electron chi connectivity index (χ3n) is 4.92. The third kappa shape index (κ3) is 4.05. The lowest BCUT2D eigenvalue weighted by Crippen LogP contribution is -2.33. The number of halogens is 1.